The lowest BCUT2D eigenvalue weighted by molar-refractivity contribution is 0.406. The summed E-state index contributed by atoms with van der Waals surface area (Å²) in [7, 11) is 1.74. The molecule has 1 aromatic carbocycles. The summed E-state index contributed by atoms with van der Waals surface area (Å²) < 4.78 is 5.76. The van der Waals surface area contributed by atoms with E-state index in [2.05, 4.69) is 29.2 Å². The predicted molar refractivity (Wildman–Crippen MR) is 73.2 cm³/mol. The molecule has 17 heavy (non-hydrogen) atoms. The molecule has 1 spiro atoms. The van der Waals surface area contributed by atoms with E-state index in [0.29, 0.717) is 4.75 Å². The number of rotatable bonds is 1. The quantitative estimate of drug-likeness (QED) is 0.815. The highest BCUT2D eigenvalue weighted by Gasteiger charge is 2.36. The van der Waals surface area contributed by atoms with Gasteiger partial charge in [0, 0.05) is 21.9 Å². The molecular weight excluding hydrogens is 230 g/mol. The van der Waals surface area contributed by atoms with Gasteiger partial charge in [0.15, 0.2) is 0 Å². The molecule has 1 saturated carbocycles. The first-order chi connectivity index (χ1) is 8.31. The normalized spacial score (nSPS) is 21.7. The average Bonchev–Trinajstić information content (AvgIpc) is 2.39. The Kier molecular flexibility index (Phi) is 2.95. The van der Waals surface area contributed by atoms with Crippen molar-refractivity contribution in [3.05, 3.63) is 18.2 Å². The van der Waals surface area contributed by atoms with Gasteiger partial charge in [-0.05, 0) is 31.0 Å². The van der Waals surface area contributed by atoms with Crippen LogP contribution in [0.5, 0.6) is 5.75 Å². The molecule has 2 aliphatic rings. The lowest BCUT2D eigenvalue weighted by Crippen LogP contribution is -2.38. The first kappa shape index (κ1) is 11.3. The minimum absolute atomic E-state index is 0.442. The number of thioether (sulfide) groups is 1. The molecule has 1 aliphatic carbocycles. The van der Waals surface area contributed by atoms with Gasteiger partial charge in [-0.15, -0.1) is 11.8 Å². The van der Waals surface area contributed by atoms with Crippen molar-refractivity contribution in [2.24, 2.45) is 0 Å². The monoisotopic (exact) mass is 249 g/mol. The smallest absolute Gasteiger partial charge is 0.120 e. The van der Waals surface area contributed by atoms with Gasteiger partial charge in [0.05, 0.1) is 7.11 Å². The maximum atomic E-state index is 5.31. The number of hydrogen-bond donors (Lipinski definition) is 1. The van der Waals surface area contributed by atoms with Crippen LogP contribution in [0.25, 0.3) is 0 Å². The average molecular weight is 249 g/mol. The van der Waals surface area contributed by atoms with E-state index in [-0.39, 0.29) is 0 Å². The largest absolute Gasteiger partial charge is 0.497 e. The van der Waals surface area contributed by atoms with Crippen molar-refractivity contribution in [2.45, 2.75) is 41.7 Å². The second-order valence-electron chi connectivity index (χ2n) is 5.06. The van der Waals surface area contributed by atoms with Crippen LogP contribution < -0.4 is 10.1 Å². The summed E-state index contributed by atoms with van der Waals surface area (Å²) in [5.74, 6) is 0.964. The number of fused-ring (bicyclic) bond motifs is 1. The van der Waals surface area contributed by atoms with Gasteiger partial charge < -0.3 is 10.1 Å². The Morgan fingerprint density at radius 1 is 1.24 bits per heavy atom. The summed E-state index contributed by atoms with van der Waals surface area (Å²) in [4.78, 5) is 1.36. The highest BCUT2D eigenvalue weighted by Crippen LogP contribution is 2.49. The molecule has 0 amide bonds. The molecule has 0 bridgehead atoms. The Morgan fingerprint density at radius 2 is 2.06 bits per heavy atom. The molecule has 0 radical (unpaired) electrons. The van der Waals surface area contributed by atoms with Gasteiger partial charge in [-0.1, -0.05) is 19.3 Å². The van der Waals surface area contributed by atoms with Crippen molar-refractivity contribution < 1.29 is 4.74 Å². The van der Waals surface area contributed by atoms with Crippen LogP contribution in [0, 0.1) is 0 Å². The fraction of sp³-hybridized carbons (Fsp3) is 0.571. The Hall–Kier alpha value is -0.830. The summed E-state index contributed by atoms with van der Waals surface area (Å²) in [6.45, 7) is 1.12. The van der Waals surface area contributed by atoms with Gasteiger partial charge in [-0.25, -0.2) is 0 Å². The molecule has 92 valence electrons. The molecule has 0 saturated heterocycles. The van der Waals surface area contributed by atoms with Gasteiger partial charge in [-0.3, -0.25) is 0 Å². The molecule has 2 nitrogen and oxygen atoms in total. The van der Waals surface area contributed by atoms with Crippen LogP contribution in [0.3, 0.4) is 0 Å². The van der Waals surface area contributed by atoms with E-state index in [1.807, 2.05) is 6.07 Å². The Morgan fingerprint density at radius 3 is 2.82 bits per heavy atom. The molecule has 3 heteroatoms. The van der Waals surface area contributed by atoms with Crippen molar-refractivity contribution in [2.75, 3.05) is 19.0 Å². The summed E-state index contributed by atoms with van der Waals surface area (Å²) >= 11 is 2.07. The maximum absolute atomic E-state index is 5.31. The zero-order valence-electron chi connectivity index (χ0n) is 10.3. The second-order valence-corrected chi connectivity index (χ2v) is 6.57. The van der Waals surface area contributed by atoms with Crippen molar-refractivity contribution in [1.82, 2.24) is 0 Å². The van der Waals surface area contributed by atoms with Crippen molar-refractivity contribution >= 4 is 17.4 Å². The van der Waals surface area contributed by atoms with E-state index in [1.54, 1.807) is 7.11 Å². The summed E-state index contributed by atoms with van der Waals surface area (Å²) in [5.41, 5.74) is 1.27. The number of hydrogen-bond acceptors (Lipinski definition) is 3. The number of methoxy groups -OCH3 is 1. The van der Waals surface area contributed by atoms with Crippen LogP contribution in [0.4, 0.5) is 5.69 Å². The highest BCUT2D eigenvalue weighted by atomic mass is 32.2. The summed E-state index contributed by atoms with van der Waals surface area (Å²) in [6, 6.07) is 6.34. The minimum atomic E-state index is 0.442. The Labute approximate surface area is 107 Å². The number of benzene rings is 1. The van der Waals surface area contributed by atoms with Crippen molar-refractivity contribution in [1.29, 1.82) is 0 Å². The Bertz CT molecular complexity index is 413. The number of nitrogens with one attached hydrogen (secondary N) is 1. The van der Waals surface area contributed by atoms with E-state index in [9.17, 15) is 0 Å². The maximum Gasteiger partial charge on any atom is 0.120 e. The summed E-state index contributed by atoms with van der Waals surface area (Å²) in [5, 5.41) is 3.60. The lowest BCUT2D eigenvalue weighted by atomic mass is 9.88. The third-order valence-corrected chi connectivity index (χ3v) is 5.42. The first-order valence-corrected chi connectivity index (χ1v) is 7.24. The van der Waals surface area contributed by atoms with Crippen LogP contribution in [-0.4, -0.2) is 18.4 Å². The molecule has 1 aliphatic heterocycles. The second kappa shape index (κ2) is 4.45. The zero-order valence-corrected chi connectivity index (χ0v) is 11.1. The summed E-state index contributed by atoms with van der Waals surface area (Å²) in [6.07, 6.45) is 6.87. The molecular formula is C14H19NOS. The van der Waals surface area contributed by atoms with E-state index < -0.39 is 0 Å². The van der Waals surface area contributed by atoms with Crippen LogP contribution in [0.15, 0.2) is 23.1 Å². The van der Waals surface area contributed by atoms with Crippen LogP contribution in [0.1, 0.15) is 32.1 Å². The Balaban J connectivity index is 1.87. The fourth-order valence-electron chi connectivity index (χ4n) is 2.86. The molecule has 3 rings (SSSR count). The number of ether oxygens (including phenoxy) is 1. The molecule has 1 aromatic rings. The van der Waals surface area contributed by atoms with E-state index in [0.717, 1.165) is 12.3 Å². The lowest BCUT2D eigenvalue weighted by Gasteiger charge is -2.41. The molecule has 1 fully saturated rings. The standard InChI is InChI=1S/C14H19NOS/c1-16-11-5-6-12-13(9-11)17-14(10-15-12)7-3-2-4-8-14/h5-6,9,15H,2-4,7-8,10H2,1H3. The highest BCUT2D eigenvalue weighted by molar-refractivity contribution is 8.01. The van der Waals surface area contributed by atoms with Gasteiger partial charge in [-0.2, -0.15) is 0 Å². The van der Waals surface area contributed by atoms with Gasteiger partial charge in [0.1, 0.15) is 5.75 Å². The third kappa shape index (κ3) is 2.13. The van der Waals surface area contributed by atoms with Crippen LogP contribution in [-0.2, 0) is 0 Å². The van der Waals surface area contributed by atoms with Gasteiger partial charge in [0.2, 0.25) is 0 Å². The topological polar surface area (TPSA) is 21.3 Å². The predicted octanol–water partition coefficient (Wildman–Crippen LogP) is 3.92. The van der Waals surface area contributed by atoms with E-state index in [4.69, 9.17) is 4.74 Å². The molecule has 1 N–H and O–H groups in total. The van der Waals surface area contributed by atoms with Crippen LogP contribution >= 0.6 is 11.8 Å². The van der Waals surface area contributed by atoms with E-state index in [1.165, 1.54) is 42.7 Å². The van der Waals surface area contributed by atoms with Crippen molar-refractivity contribution in [3.63, 3.8) is 0 Å². The zero-order chi connectivity index (χ0) is 11.7. The van der Waals surface area contributed by atoms with Gasteiger partial charge >= 0.3 is 0 Å². The molecule has 0 unspecified atom stereocenters. The fourth-order valence-corrected chi connectivity index (χ4v) is 4.39. The van der Waals surface area contributed by atoms with Gasteiger partial charge in [0.25, 0.3) is 0 Å². The molecule has 1 heterocycles. The van der Waals surface area contributed by atoms with Crippen molar-refractivity contribution in [3.8, 4) is 5.75 Å². The van der Waals surface area contributed by atoms with Crippen LogP contribution in [0.2, 0.25) is 0 Å². The third-order valence-electron chi connectivity index (χ3n) is 3.88. The van der Waals surface area contributed by atoms with E-state index >= 15 is 0 Å². The SMILES string of the molecule is COc1ccc2c(c1)SC1(CCCCC1)CN2. The number of anilines is 1. The first-order valence-electron chi connectivity index (χ1n) is 6.42. The molecule has 0 aromatic heterocycles. The minimum Gasteiger partial charge on any atom is -0.497 e. The molecule has 0 atom stereocenters.